The molecule has 0 spiro atoms. The molecule has 0 atom stereocenters. The summed E-state index contributed by atoms with van der Waals surface area (Å²) in [5.74, 6) is 0.927. The molecule has 0 aromatic carbocycles. The molecule has 2 heterocycles. The van der Waals surface area contributed by atoms with Crippen LogP contribution in [0.3, 0.4) is 0 Å². The summed E-state index contributed by atoms with van der Waals surface area (Å²) < 4.78 is 0. The second-order valence-electron chi connectivity index (χ2n) is 3.38. The van der Waals surface area contributed by atoms with Gasteiger partial charge in [-0.1, -0.05) is 6.07 Å². The van der Waals surface area contributed by atoms with Crippen LogP contribution in [0, 0.1) is 0 Å². The fraction of sp³-hybridized carbons (Fsp3) is 0.167. The summed E-state index contributed by atoms with van der Waals surface area (Å²) in [7, 11) is 1.83. The third kappa shape index (κ3) is 2.12. The summed E-state index contributed by atoms with van der Waals surface area (Å²) in [4.78, 5) is 17.4. The third-order valence-corrected chi connectivity index (χ3v) is 3.42. The highest BCUT2D eigenvalue weighted by molar-refractivity contribution is 7.17. The van der Waals surface area contributed by atoms with E-state index in [0.29, 0.717) is 0 Å². The molecule has 0 radical (unpaired) electrons. The number of thiophene rings is 1. The number of Topliss-reactive ketones (excluding diaryl/α,β-unsaturated/α-hetero) is 1. The SMILES string of the molecule is CNc1cccc(-c2ccc(C(C)=O)s2)n1. The van der Waals surface area contributed by atoms with Crippen molar-refractivity contribution in [1.29, 1.82) is 0 Å². The van der Waals surface area contributed by atoms with Gasteiger partial charge in [0, 0.05) is 7.05 Å². The van der Waals surface area contributed by atoms with Gasteiger partial charge in [0.25, 0.3) is 0 Å². The minimum absolute atomic E-state index is 0.0982. The Labute approximate surface area is 98.2 Å². The van der Waals surface area contributed by atoms with Crippen LogP contribution in [-0.2, 0) is 0 Å². The van der Waals surface area contributed by atoms with Crippen LogP contribution in [0.25, 0.3) is 10.6 Å². The van der Waals surface area contributed by atoms with Crippen molar-refractivity contribution in [1.82, 2.24) is 4.98 Å². The molecule has 4 heteroatoms. The van der Waals surface area contributed by atoms with Gasteiger partial charge in [-0.15, -0.1) is 11.3 Å². The highest BCUT2D eigenvalue weighted by Gasteiger charge is 2.07. The van der Waals surface area contributed by atoms with Gasteiger partial charge in [0.2, 0.25) is 0 Å². The summed E-state index contributed by atoms with van der Waals surface area (Å²) >= 11 is 1.47. The van der Waals surface area contributed by atoms with Crippen molar-refractivity contribution < 1.29 is 4.79 Å². The predicted molar refractivity (Wildman–Crippen MR) is 67.1 cm³/mol. The van der Waals surface area contributed by atoms with Crippen LogP contribution in [0.1, 0.15) is 16.6 Å². The number of rotatable bonds is 3. The molecule has 0 unspecified atom stereocenters. The maximum absolute atomic E-state index is 11.2. The highest BCUT2D eigenvalue weighted by Crippen LogP contribution is 2.27. The molecule has 2 aromatic heterocycles. The van der Waals surface area contributed by atoms with E-state index in [1.165, 1.54) is 11.3 Å². The fourth-order valence-electron chi connectivity index (χ4n) is 1.38. The molecule has 82 valence electrons. The summed E-state index contributed by atoms with van der Waals surface area (Å²) in [6.45, 7) is 1.58. The zero-order valence-electron chi connectivity index (χ0n) is 9.15. The molecule has 0 saturated heterocycles. The van der Waals surface area contributed by atoms with Gasteiger partial charge in [0.1, 0.15) is 5.82 Å². The summed E-state index contributed by atoms with van der Waals surface area (Å²) in [6, 6.07) is 9.57. The molecule has 3 nitrogen and oxygen atoms in total. The van der Waals surface area contributed by atoms with Crippen LogP contribution >= 0.6 is 11.3 Å². The fourth-order valence-corrected chi connectivity index (χ4v) is 2.25. The quantitative estimate of drug-likeness (QED) is 0.827. The lowest BCUT2D eigenvalue weighted by Gasteiger charge is -2.00. The Balaban J connectivity index is 2.38. The van der Waals surface area contributed by atoms with Crippen LogP contribution in [-0.4, -0.2) is 17.8 Å². The second-order valence-corrected chi connectivity index (χ2v) is 4.46. The Hall–Kier alpha value is -1.68. The van der Waals surface area contributed by atoms with Gasteiger partial charge in [0.05, 0.1) is 15.4 Å². The monoisotopic (exact) mass is 232 g/mol. The second kappa shape index (κ2) is 4.45. The van der Waals surface area contributed by atoms with Crippen molar-refractivity contribution in [3.8, 4) is 10.6 Å². The number of ketones is 1. The van der Waals surface area contributed by atoms with Crippen LogP contribution in [0.5, 0.6) is 0 Å². The van der Waals surface area contributed by atoms with E-state index in [1.807, 2.05) is 37.4 Å². The van der Waals surface area contributed by atoms with Gasteiger partial charge < -0.3 is 5.32 Å². The Bertz CT molecular complexity index is 519. The molecule has 0 aliphatic heterocycles. The molecule has 0 fully saturated rings. The van der Waals surface area contributed by atoms with Crippen molar-refractivity contribution in [2.24, 2.45) is 0 Å². The molecule has 2 rings (SSSR count). The lowest BCUT2D eigenvalue weighted by Crippen LogP contribution is -1.92. The minimum atomic E-state index is 0.0982. The number of carbonyl (C=O) groups is 1. The van der Waals surface area contributed by atoms with Crippen LogP contribution in [0.15, 0.2) is 30.3 Å². The predicted octanol–water partition coefficient (Wildman–Crippen LogP) is 3.05. The number of hydrogen-bond donors (Lipinski definition) is 1. The first-order valence-corrected chi connectivity index (χ1v) is 5.78. The maximum Gasteiger partial charge on any atom is 0.169 e. The van der Waals surface area contributed by atoms with E-state index in [1.54, 1.807) is 6.92 Å². The van der Waals surface area contributed by atoms with Gasteiger partial charge in [-0.3, -0.25) is 4.79 Å². The normalized spacial score (nSPS) is 10.1. The highest BCUT2D eigenvalue weighted by atomic mass is 32.1. The average Bonchev–Trinajstić information content (AvgIpc) is 2.78. The summed E-state index contributed by atoms with van der Waals surface area (Å²) in [6.07, 6.45) is 0. The van der Waals surface area contributed by atoms with E-state index in [4.69, 9.17) is 0 Å². The zero-order valence-corrected chi connectivity index (χ0v) is 9.97. The molecule has 0 aliphatic carbocycles. The first-order chi connectivity index (χ1) is 7.70. The molecular weight excluding hydrogens is 220 g/mol. The molecule has 0 saturated carbocycles. The van der Waals surface area contributed by atoms with Crippen molar-refractivity contribution in [3.63, 3.8) is 0 Å². The largest absolute Gasteiger partial charge is 0.373 e. The first kappa shape index (κ1) is 10.8. The Morgan fingerprint density at radius 3 is 2.75 bits per heavy atom. The van der Waals surface area contributed by atoms with Crippen molar-refractivity contribution in [3.05, 3.63) is 35.2 Å². The number of carbonyl (C=O) groups excluding carboxylic acids is 1. The average molecular weight is 232 g/mol. The first-order valence-electron chi connectivity index (χ1n) is 4.96. The smallest absolute Gasteiger partial charge is 0.169 e. The summed E-state index contributed by atoms with van der Waals surface area (Å²) in [5, 5.41) is 2.99. The Morgan fingerprint density at radius 2 is 2.12 bits per heavy atom. The Kier molecular flexibility index (Phi) is 3.01. The van der Waals surface area contributed by atoms with Gasteiger partial charge in [0.15, 0.2) is 5.78 Å². The van der Waals surface area contributed by atoms with E-state index in [9.17, 15) is 4.79 Å². The van der Waals surface area contributed by atoms with E-state index in [0.717, 1.165) is 21.3 Å². The topological polar surface area (TPSA) is 42.0 Å². The lowest BCUT2D eigenvalue weighted by atomic mass is 10.3. The van der Waals surface area contributed by atoms with Crippen LogP contribution < -0.4 is 5.32 Å². The molecule has 0 aliphatic rings. The van der Waals surface area contributed by atoms with Gasteiger partial charge >= 0.3 is 0 Å². The molecule has 16 heavy (non-hydrogen) atoms. The molecule has 0 amide bonds. The molecular formula is C12H12N2OS. The van der Waals surface area contributed by atoms with Gasteiger partial charge in [-0.2, -0.15) is 0 Å². The third-order valence-electron chi connectivity index (χ3n) is 2.21. The van der Waals surface area contributed by atoms with Gasteiger partial charge in [-0.25, -0.2) is 4.98 Å². The summed E-state index contributed by atoms with van der Waals surface area (Å²) in [5.41, 5.74) is 0.893. The molecule has 0 bridgehead atoms. The van der Waals surface area contributed by atoms with E-state index < -0.39 is 0 Å². The Morgan fingerprint density at radius 1 is 1.31 bits per heavy atom. The number of nitrogens with zero attached hydrogens (tertiary/aromatic N) is 1. The van der Waals surface area contributed by atoms with Crippen LogP contribution in [0.2, 0.25) is 0 Å². The number of aromatic nitrogens is 1. The number of anilines is 1. The number of nitrogens with one attached hydrogen (secondary N) is 1. The van der Waals surface area contributed by atoms with Crippen molar-refractivity contribution >= 4 is 22.9 Å². The van der Waals surface area contributed by atoms with E-state index in [2.05, 4.69) is 10.3 Å². The molecule has 1 N–H and O–H groups in total. The van der Waals surface area contributed by atoms with E-state index in [-0.39, 0.29) is 5.78 Å². The van der Waals surface area contributed by atoms with Crippen LogP contribution in [0.4, 0.5) is 5.82 Å². The van der Waals surface area contributed by atoms with E-state index >= 15 is 0 Å². The number of hydrogen-bond acceptors (Lipinski definition) is 4. The molecule has 2 aromatic rings. The van der Waals surface area contributed by atoms with Gasteiger partial charge in [-0.05, 0) is 31.2 Å². The maximum atomic E-state index is 11.2. The standard InChI is InChI=1S/C12H12N2OS/c1-8(15)10-6-7-11(16-10)9-4-3-5-12(13-2)14-9/h3-7H,1-2H3,(H,13,14). The minimum Gasteiger partial charge on any atom is -0.373 e. The lowest BCUT2D eigenvalue weighted by molar-refractivity contribution is 0.102. The van der Waals surface area contributed by atoms with Crippen molar-refractivity contribution in [2.75, 3.05) is 12.4 Å². The zero-order chi connectivity index (χ0) is 11.5. The number of pyridine rings is 1. The van der Waals surface area contributed by atoms with Crippen molar-refractivity contribution in [2.45, 2.75) is 6.92 Å².